The fourth-order valence-corrected chi connectivity index (χ4v) is 3.77. The molecule has 2 aromatic carbocycles. The number of carbonyl (C=O) groups is 2. The number of anilines is 1. The van der Waals surface area contributed by atoms with Crippen LogP contribution in [0, 0.1) is 0 Å². The number of benzene rings is 2. The molecule has 2 N–H and O–H groups in total. The van der Waals surface area contributed by atoms with Crippen LogP contribution >= 0.6 is 11.8 Å². The first-order valence-electron chi connectivity index (χ1n) is 10.6. The third-order valence-corrected chi connectivity index (χ3v) is 5.61. The van der Waals surface area contributed by atoms with Gasteiger partial charge >= 0.3 is 0 Å². The van der Waals surface area contributed by atoms with Gasteiger partial charge in [0.15, 0.2) is 11.0 Å². The van der Waals surface area contributed by atoms with Gasteiger partial charge in [0, 0.05) is 17.8 Å². The zero-order chi connectivity index (χ0) is 24.3. The smallest absolute Gasteiger partial charge is 0.251 e. The van der Waals surface area contributed by atoms with Crippen molar-refractivity contribution in [2.45, 2.75) is 25.2 Å². The summed E-state index contributed by atoms with van der Waals surface area (Å²) in [7, 11) is 1.57. The topological polar surface area (TPSA) is 107 Å². The van der Waals surface area contributed by atoms with E-state index in [1.54, 1.807) is 61.7 Å². The first-order valence-corrected chi connectivity index (χ1v) is 11.6. The Morgan fingerprint density at radius 2 is 1.79 bits per heavy atom. The van der Waals surface area contributed by atoms with Gasteiger partial charge in [-0.3, -0.25) is 9.59 Å². The molecule has 0 aliphatic heterocycles. The van der Waals surface area contributed by atoms with Crippen molar-refractivity contribution in [2.24, 2.45) is 0 Å². The van der Waals surface area contributed by atoms with E-state index in [2.05, 4.69) is 27.4 Å². The first kappa shape index (κ1) is 24.8. The molecule has 0 saturated carbocycles. The highest BCUT2D eigenvalue weighted by atomic mass is 32.2. The Morgan fingerprint density at radius 3 is 2.44 bits per heavy atom. The van der Waals surface area contributed by atoms with Crippen molar-refractivity contribution in [3.8, 4) is 11.5 Å². The molecule has 1 aromatic heterocycles. The first-order chi connectivity index (χ1) is 16.5. The molecule has 3 aromatic rings. The molecule has 0 radical (unpaired) electrons. The van der Waals surface area contributed by atoms with Gasteiger partial charge in [-0.25, -0.2) is 0 Å². The Balaban J connectivity index is 1.56. The number of nitrogens with zero attached hydrogens (tertiary/aromatic N) is 3. The van der Waals surface area contributed by atoms with Gasteiger partial charge in [0.25, 0.3) is 5.91 Å². The van der Waals surface area contributed by atoms with Crippen molar-refractivity contribution >= 4 is 29.3 Å². The Bertz CT molecular complexity index is 1110. The van der Waals surface area contributed by atoms with Crippen molar-refractivity contribution in [2.75, 3.05) is 24.8 Å². The van der Waals surface area contributed by atoms with E-state index in [0.717, 1.165) is 5.75 Å². The summed E-state index contributed by atoms with van der Waals surface area (Å²) in [6, 6.07) is 14.0. The van der Waals surface area contributed by atoms with Gasteiger partial charge in [0.1, 0.15) is 11.5 Å². The molecule has 1 heterocycles. The lowest BCUT2D eigenvalue weighted by Crippen LogP contribution is -2.24. The molecule has 2 amide bonds. The fourth-order valence-electron chi connectivity index (χ4n) is 3.00. The highest BCUT2D eigenvalue weighted by Gasteiger charge is 2.15. The number of methoxy groups -OCH3 is 1. The summed E-state index contributed by atoms with van der Waals surface area (Å²) in [6.45, 7) is 6.91. The number of thioether (sulfide) groups is 1. The number of rotatable bonds is 12. The SMILES string of the molecule is C=CCn1c(CNC(=O)c2ccc(OC)cc2)nnc1SCC(=O)Nc1ccc(OCC)cc1. The normalized spacial score (nSPS) is 10.4. The summed E-state index contributed by atoms with van der Waals surface area (Å²) in [4.78, 5) is 24.8. The summed E-state index contributed by atoms with van der Waals surface area (Å²) in [6.07, 6.45) is 1.71. The van der Waals surface area contributed by atoms with E-state index in [0.29, 0.717) is 41.1 Å². The summed E-state index contributed by atoms with van der Waals surface area (Å²) in [5, 5.41) is 14.6. The van der Waals surface area contributed by atoms with Gasteiger partial charge in [0.05, 0.1) is 26.0 Å². The van der Waals surface area contributed by atoms with Gasteiger partial charge in [-0.05, 0) is 55.5 Å². The number of carbonyl (C=O) groups excluding carboxylic acids is 2. The number of ether oxygens (including phenoxy) is 2. The number of amides is 2. The number of aromatic nitrogens is 3. The Labute approximate surface area is 202 Å². The maximum absolute atomic E-state index is 12.4. The lowest BCUT2D eigenvalue weighted by atomic mass is 10.2. The quantitative estimate of drug-likeness (QED) is 0.301. The highest BCUT2D eigenvalue weighted by molar-refractivity contribution is 7.99. The molecule has 9 nitrogen and oxygen atoms in total. The minimum atomic E-state index is -0.236. The Morgan fingerprint density at radius 1 is 1.09 bits per heavy atom. The largest absolute Gasteiger partial charge is 0.497 e. The number of nitrogens with one attached hydrogen (secondary N) is 2. The predicted molar refractivity (Wildman–Crippen MR) is 131 cm³/mol. The second-order valence-corrected chi connectivity index (χ2v) is 7.95. The van der Waals surface area contributed by atoms with Crippen LogP contribution in [0.15, 0.2) is 66.3 Å². The van der Waals surface area contributed by atoms with Crippen LogP contribution in [-0.4, -0.2) is 46.0 Å². The molecule has 34 heavy (non-hydrogen) atoms. The monoisotopic (exact) mass is 481 g/mol. The molecule has 0 aliphatic rings. The Kier molecular flexibility index (Phi) is 9.10. The van der Waals surface area contributed by atoms with Crippen LogP contribution in [0.5, 0.6) is 11.5 Å². The summed E-state index contributed by atoms with van der Waals surface area (Å²) in [5.41, 5.74) is 1.19. The molecule has 3 rings (SSSR count). The third-order valence-electron chi connectivity index (χ3n) is 4.65. The lowest BCUT2D eigenvalue weighted by molar-refractivity contribution is -0.113. The molecule has 10 heteroatoms. The zero-order valence-electron chi connectivity index (χ0n) is 19.1. The minimum Gasteiger partial charge on any atom is -0.497 e. The van der Waals surface area contributed by atoms with Crippen LogP contribution < -0.4 is 20.1 Å². The van der Waals surface area contributed by atoms with E-state index in [4.69, 9.17) is 9.47 Å². The van der Waals surface area contributed by atoms with Crippen molar-refractivity contribution < 1.29 is 19.1 Å². The maximum Gasteiger partial charge on any atom is 0.251 e. The Hall–Kier alpha value is -3.79. The van der Waals surface area contributed by atoms with Gasteiger partial charge in [-0.15, -0.1) is 16.8 Å². The van der Waals surface area contributed by atoms with Crippen LogP contribution in [0.25, 0.3) is 0 Å². The summed E-state index contributed by atoms with van der Waals surface area (Å²) in [5.74, 6) is 1.74. The average molecular weight is 482 g/mol. The lowest BCUT2D eigenvalue weighted by Gasteiger charge is -2.10. The third kappa shape index (κ3) is 6.85. The summed E-state index contributed by atoms with van der Waals surface area (Å²) >= 11 is 1.26. The van der Waals surface area contributed by atoms with Crippen LogP contribution in [0.2, 0.25) is 0 Å². The van der Waals surface area contributed by atoms with Crippen molar-refractivity contribution in [3.63, 3.8) is 0 Å². The molecule has 178 valence electrons. The summed E-state index contributed by atoms with van der Waals surface area (Å²) < 4.78 is 12.3. The molecule has 0 bridgehead atoms. The molecule has 0 atom stereocenters. The van der Waals surface area contributed by atoms with Gasteiger partial charge < -0.3 is 24.7 Å². The minimum absolute atomic E-state index is 0.153. The molecule has 0 aliphatic carbocycles. The molecule has 0 fully saturated rings. The number of hydrogen-bond acceptors (Lipinski definition) is 7. The van der Waals surface area contributed by atoms with Crippen LogP contribution in [0.3, 0.4) is 0 Å². The van der Waals surface area contributed by atoms with Crippen molar-refractivity contribution in [1.29, 1.82) is 0 Å². The second-order valence-electron chi connectivity index (χ2n) is 7.00. The molecule has 0 saturated heterocycles. The van der Waals surface area contributed by atoms with E-state index in [-0.39, 0.29) is 24.1 Å². The van der Waals surface area contributed by atoms with Crippen LogP contribution in [0.4, 0.5) is 5.69 Å². The predicted octanol–water partition coefficient (Wildman–Crippen LogP) is 3.53. The maximum atomic E-state index is 12.4. The number of allylic oxidation sites excluding steroid dienone is 1. The average Bonchev–Trinajstić information content (AvgIpc) is 3.24. The molecular weight excluding hydrogens is 454 g/mol. The van der Waals surface area contributed by atoms with Crippen LogP contribution in [0.1, 0.15) is 23.1 Å². The molecule has 0 spiro atoms. The van der Waals surface area contributed by atoms with E-state index in [1.807, 2.05) is 11.5 Å². The highest BCUT2D eigenvalue weighted by Crippen LogP contribution is 2.19. The van der Waals surface area contributed by atoms with Gasteiger partial charge in [-0.1, -0.05) is 17.8 Å². The van der Waals surface area contributed by atoms with E-state index in [9.17, 15) is 9.59 Å². The van der Waals surface area contributed by atoms with Crippen LogP contribution in [-0.2, 0) is 17.9 Å². The fraction of sp³-hybridized carbons (Fsp3) is 0.250. The van der Waals surface area contributed by atoms with Crippen molar-refractivity contribution in [3.05, 3.63) is 72.6 Å². The zero-order valence-corrected chi connectivity index (χ0v) is 19.9. The van der Waals surface area contributed by atoms with E-state index in [1.165, 1.54) is 11.8 Å². The standard InChI is InChI=1S/C24H27N5O4S/c1-4-14-29-21(15-25-23(31)17-6-10-19(32-3)11-7-17)27-28-24(29)34-16-22(30)26-18-8-12-20(13-9-18)33-5-2/h4,6-13H,1,5,14-16H2,2-3H3,(H,25,31)(H,26,30). The molecule has 0 unspecified atom stereocenters. The molecular formula is C24H27N5O4S. The van der Waals surface area contributed by atoms with Gasteiger partial charge in [0.2, 0.25) is 5.91 Å². The van der Waals surface area contributed by atoms with Crippen molar-refractivity contribution in [1.82, 2.24) is 20.1 Å². The second kappa shape index (κ2) is 12.4. The van der Waals surface area contributed by atoms with E-state index >= 15 is 0 Å². The number of hydrogen-bond donors (Lipinski definition) is 2. The van der Waals surface area contributed by atoms with Gasteiger partial charge in [-0.2, -0.15) is 0 Å². The van der Waals surface area contributed by atoms with E-state index < -0.39 is 0 Å².